The van der Waals surface area contributed by atoms with Crippen LogP contribution < -0.4 is 4.74 Å². The Hall–Kier alpha value is -2.80. The first-order chi connectivity index (χ1) is 12.4. The molecule has 0 saturated carbocycles. The number of aryl methyl sites for hydroxylation is 1. The van der Waals surface area contributed by atoms with Crippen molar-refractivity contribution >= 4 is 17.4 Å². The summed E-state index contributed by atoms with van der Waals surface area (Å²) in [6, 6.07) is 6.53. The zero-order valence-corrected chi connectivity index (χ0v) is 14.7. The van der Waals surface area contributed by atoms with Crippen molar-refractivity contribution in [3.05, 3.63) is 64.6 Å². The maximum atomic E-state index is 13.8. The normalized spacial score (nSPS) is 10.8. The van der Waals surface area contributed by atoms with Gasteiger partial charge in [0.1, 0.15) is 28.2 Å². The number of ketones is 1. The number of aromatic nitrogens is 3. The molecule has 3 rings (SSSR count). The van der Waals surface area contributed by atoms with E-state index in [0.717, 1.165) is 12.1 Å². The largest absolute Gasteiger partial charge is 0.496 e. The molecule has 5 nitrogen and oxygen atoms in total. The highest BCUT2D eigenvalue weighted by atomic mass is 35.5. The van der Waals surface area contributed by atoms with E-state index < -0.39 is 23.8 Å². The average Bonchev–Trinajstić information content (AvgIpc) is 2.99. The van der Waals surface area contributed by atoms with E-state index in [1.807, 2.05) is 0 Å². The van der Waals surface area contributed by atoms with Crippen molar-refractivity contribution in [2.75, 3.05) is 7.11 Å². The third-order valence-corrected chi connectivity index (χ3v) is 4.10. The first-order valence-electron chi connectivity index (χ1n) is 7.60. The quantitative estimate of drug-likeness (QED) is 0.500. The number of rotatable bonds is 5. The van der Waals surface area contributed by atoms with Crippen LogP contribution in [-0.2, 0) is 13.5 Å². The van der Waals surface area contributed by atoms with Gasteiger partial charge in [0.25, 0.3) is 0 Å². The Bertz CT molecular complexity index is 968. The minimum atomic E-state index is -0.766. The summed E-state index contributed by atoms with van der Waals surface area (Å²) in [4.78, 5) is 16.5. The summed E-state index contributed by atoms with van der Waals surface area (Å²) < 4.78 is 34.3. The van der Waals surface area contributed by atoms with Crippen molar-refractivity contribution in [3.63, 3.8) is 0 Å². The second kappa shape index (κ2) is 7.21. The van der Waals surface area contributed by atoms with Crippen LogP contribution in [0, 0.1) is 11.6 Å². The van der Waals surface area contributed by atoms with Gasteiger partial charge < -0.3 is 4.74 Å². The number of Topliss-reactive ketones (excluding diaryl/α,β-unsaturated/α-hetero) is 1. The molecular weight excluding hydrogens is 364 g/mol. The molecule has 0 bridgehead atoms. The van der Waals surface area contributed by atoms with Crippen molar-refractivity contribution in [1.29, 1.82) is 0 Å². The van der Waals surface area contributed by atoms with E-state index in [4.69, 9.17) is 16.3 Å². The lowest BCUT2D eigenvalue weighted by atomic mass is 10.1. The lowest BCUT2D eigenvalue weighted by Gasteiger charge is -2.08. The molecule has 0 aliphatic carbocycles. The fraction of sp³-hybridized carbons (Fsp3) is 0.167. The van der Waals surface area contributed by atoms with Crippen LogP contribution in [0.25, 0.3) is 11.3 Å². The summed E-state index contributed by atoms with van der Waals surface area (Å²) in [7, 11) is 3.13. The molecule has 0 unspecified atom stereocenters. The van der Waals surface area contributed by atoms with E-state index >= 15 is 0 Å². The van der Waals surface area contributed by atoms with E-state index in [2.05, 4.69) is 10.1 Å². The van der Waals surface area contributed by atoms with Gasteiger partial charge in [-0.2, -0.15) is 5.10 Å². The molecule has 0 spiro atoms. The maximum Gasteiger partial charge on any atom is 0.187 e. The van der Waals surface area contributed by atoms with Gasteiger partial charge in [-0.1, -0.05) is 17.7 Å². The zero-order chi connectivity index (χ0) is 18.8. The Labute approximate surface area is 153 Å². The third-order valence-electron chi connectivity index (χ3n) is 3.89. The summed E-state index contributed by atoms with van der Waals surface area (Å²) in [5, 5.41) is 4.41. The molecule has 0 N–H and O–H groups in total. The molecule has 1 aromatic carbocycles. The van der Waals surface area contributed by atoms with Gasteiger partial charge in [-0.05, 0) is 18.2 Å². The van der Waals surface area contributed by atoms with Crippen molar-refractivity contribution < 1.29 is 18.3 Å². The number of carbonyl (C=O) groups excluding carboxylic acids is 1. The zero-order valence-electron chi connectivity index (χ0n) is 14.0. The topological polar surface area (TPSA) is 57.0 Å². The summed E-state index contributed by atoms with van der Waals surface area (Å²) in [5.74, 6) is -1.57. The van der Waals surface area contributed by atoms with E-state index in [1.165, 1.54) is 30.1 Å². The molecule has 26 heavy (non-hydrogen) atoms. The van der Waals surface area contributed by atoms with Crippen LogP contribution in [0.4, 0.5) is 8.78 Å². The van der Waals surface area contributed by atoms with Crippen LogP contribution in [0.3, 0.4) is 0 Å². The van der Waals surface area contributed by atoms with Crippen LogP contribution in [-0.4, -0.2) is 27.7 Å². The van der Waals surface area contributed by atoms with Gasteiger partial charge in [0.2, 0.25) is 0 Å². The molecule has 134 valence electrons. The van der Waals surface area contributed by atoms with Gasteiger partial charge in [-0.15, -0.1) is 0 Å². The first-order valence-corrected chi connectivity index (χ1v) is 7.98. The number of halogens is 3. The van der Waals surface area contributed by atoms with Crippen LogP contribution in [0.15, 0.2) is 36.5 Å². The third kappa shape index (κ3) is 3.43. The first kappa shape index (κ1) is 18.0. The minimum Gasteiger partial charge on any atom is -0.496 e. The molecule has 3 aromatic rings. The fourth-order valence-corrected chi connectivity index (χ4v) is 2.73. The predicted molar refractivity (Wildman–Crippen MR) is 92.4 cm³/mol. The lowest BCUT2D eigenvalue weighted by Crippen LogP contribution is -2.08. The van der Waals surface area contributed by atoms with Gasteiger partial charge in [-0.25, -0.2) is 13.8 Å². The van der Waals surface area contributed by atoms with E-state index in [1.54, 1.807) is 13.1 Å². The second-order valence-electron chi connectivity index (χ2n) is 5.55. The molecule has 0 aliphatic rings. The second-order valence-corrected chi connectivity index (χ2v) is 5.93. The van der Waals surface area contributed by atoms with E-state index in [9.17, 15) is 13.6 Å². The number of nitrogens with zero attached hydrogens (tertiary/aromatic N) is 3. The maximum absolute atomic E-state index is 13.8. The number of carbonyl (C=O) groups is 1. The van der Waals surface area contributed by atoms with Crippen molar-refractivity contribution in [2.45, 2.75) is 6.42 Å². The molecule has 0 radical (unpaired) electrons. The van der Waals surface area contributed by atoms with Crippen LogP contribution >= 0.6 is 11.6 Å². The standard InChI is InChI=1S/C18H14ClF2N3O2/c1-24-15(11-9-22-18(19)8-17(11)26-2)7-14(23-24)16(25)6-10-12(20)4-3-5-13(10)21/h3-5,7-9H,6H2,1-2H3. The Kier molecular flexibility index (Phi) is 4.99. The van der Waals surface area contributed by atoms with Crippen LogP contribution in [0.5, 0.6) is 5.75 Å². The minimum absolute atomic E-state index is 0.0853. The average molecular weight is 378 g/mol. The van der Waals surface area contributed by atoms with Gasteiger partial charge in [0.15, 0.2) is 5.78 Å². The Morgan fingerprint density at radius 1 is 1.27 bits per heavy atom. The van der Waals surface area contributed by atoms with Crippen molar-refractivity contribution in [1.82, 2.24) is 14.8 Å². The summed E-state index contributed by atoms with van der Waals surface area (Å²) >= 11 is 5.86. The molecule has 2 aromatic heterocycles. The number of ether oxygens (including phenoxy) is 1. The van der Waals surface area contributed by atoms with Crippen molar-refractivity contribution in [3.8, 4) is 17.0 Å². The molecule has 0 aliphatic heterocycles. The highest BCUT2D eigenvalue weighted by Gasteiger charge is 2.20. The molecule has 2 heterocycles. The molecule has 0 fully saturated rings. The number of hydrogen-bond acceptors (Lipinski definition) is 4. The summed E-state index contributed by atoms with van der Waals surface area (Å²) in [6.07, 6.45) is 1.08. The fourth-order valence-electron chi connectivity index (χ4n) is 2.58. The number of benzene rings is 1. The molecule has 0 saturated heterocycles. The smallest absolute Gasteiger partial charge is 0.187 e. The highest BCUT2D eigenvalue weighted by Crippen LogP contribution is 2.31. The van der Waals surface area contributed by atoms with Gasteiger partial charge in [-0.3, -0.25) is 9.48 Å². The SMILES string of the molecule is COc1cc(Cl)ncc1-c1cc(C(=O)Cc2c(F)cccc2F)nn1C. The van der Waals surface area contributed by atoms with E-state index in [-0.39, 0.29) is 16.4 Å². The highest BCUT2D eigenvalue weighted by molar-refractivity contribution is 6.29. The Morgan fingerprint density at radius 2 is 1.96 bits per heavy atom. The van der Waals surface area contributed by atoms with Gasteiger partial charge in [0, 0.05) is 31.3 Å². The Morgan fingerprint density at radius 3 is 2.62 bits per heavy atom. The Balaban J connectivity index is 1.95. The number of pyridine rings is 1. The van der Waals surface area contributed by atoms with Gasteiger partial charge >= 0.3 is 0 Å². The van der Waals surface area contributed by atoms with E-state index in [0.29, 0.717) is 17.0 Å². The summed E-state index contributed by atoms with van der Waals surface area (Å²) in [6.45, 7) is 0. The molecule has 8 heteroatoms. The lowest BCUT2D eigenvalue weighted by molar-refractivity contribution is 0.0985. The number of hydrogen-bond donors (Lipinski definition) is 0. The monoisotopic (exact) mass is 377 g/mol. The summed E-state index contributed by atoms with van der Waals surface area (Å²) in [5.41, 5.74) is 0.948. The predicted octanol–water partition coefficient (Wildman–Crippen LogP) is 3.85. The molecular formula is C18H14ClF2N3O2. The van der Waals surface area contributed by atoms with Crippen molar-refractivity contribution in [2.24, 2.45) is 7.05 Å². The van der Waals surface area contributed by atoms with Crippen LogP contribution in [0.1, 0.15) is 16.1 Å². The molecule has 0 amide bonds. The number of methoxy groups -OCH3 is 1. The van der Waals surface area contributed by atoms with Crippen LogP contribution in [0.2, 0.25) is 5.15 Å². The van der Waals surface area contributed by atoms with Gasteiger partial charge in [0.05, 0.1) is 18.4 Å². The molecule has 0 atom stereocenters.